The lowest BCUT2D eigenvalue weighted by molar-refractivity contribution is -0.247. The summed E-state index contributed by atoms with van der Waals surface area (Å²) in [5.41, 5.74) is 2.11. The van der Waals surface area contributed by atoms with Crippen LogP contribution in [0.1, 0.15) is 27.9 Å². The average molecular weight is 513 g/mol. The van der Waals surface area contributed by atoms with Crippen molar-refractivity contribution in [3.8, 4) is 0 Å². The smallest absolute Gasteiger partial charge is 0.338 e. The molecule has 0 bridgehead atoms. The normalized spacial score (nSPS) is 22.2. The second-order valence-electron chi connectivity index (χ2n) is 8.49. The molecule has 1 saturated heterocycles. The van der Waals surface area contributed by atoms with Gasteiger partial charge in [0.1, 0.15) is 12.2 Å². The van der Waals surface area contributed by atoms with E-state index >= 15 is 0 Å². The van der Waals surface area contributed by atoms with Crippen LogP contribution in [-0.4, -0.2) is 50.7 Å². The molecule has 0 amide bonds. The maximum absolute atomic E-state index is 12.9. The van der Waals surface area contributed by atoms with Crippen LogP contribution >= 0.6 is 0 Å². The van der Waals surface area contributed by atoms with Gasteiger partial charge in [-0.15, -0.1) is 0 Å². The minimum absolute atomic E-state index is 0.0147. The number of hydrogen-bond acceptors (Lipinski definition) is 8. The molecule has 3 aromatic carbocycles. The molecular formula is C27H28O8S. The van der Waals surface area contributed by atoms with E-state index in [9.17, 15) is 18.3 Å². The van der Waals surface area contributed by atoms with Gasteiger partial charge in [-0.05, 0) is 36.8 Å². The fourth-order valence-electron chi connectivity index (χ4n) is 3.83. The molecule has 0 radical (unpaired) electrons. The molecule has 1 aliphatic rings. The van der Waals surface area contributed by atoms with Gasteiger partial charge in [0.05, 0.1) is 23.7 Å². The lowest BCUT2D eigenvalue weighted by atomic mass is 10.0. The van der Waals surface area contributed by atoms with E-state index < -0.39 is 47.3 Å². The van der Waals surface area contributed by atoms with Crippen molar-refractivity contribution in [3.05, 3.63) is 102 Å². The number of carbonyl (C=O) groups excluding carboxylic acids is 1. The van der Waals surface area contributed by atoms with Crippen molar-refractivity contribution in [2.24, 2.45) is 0 Å². The van der Waals surface area contributed by atoms with Crippen molar-refractivity contribution >= 4 is 16.1 Å². The fourth-order valence-corrected chi connectivity index (χ4v) is 4.75. The number of carbonyl (C=O) groups is 1. The molecule has 9 heteroatoms. The Hall–Kier alpha value is -3.08. The Balaban J connectivity index is 1.53. The van der Waals surface area contributed by atoms with E-state index in [1.807, 2.05) is 37.3 Å². The van der Waals surface area contributed by atoms with Crippen molar-refractivity contribution in [3.63, 3.8) is 0 Å². The minimum Gasteiger partial charge on any atom is -0.453 e. The number of benzene rings is 3. The van der Waals surface area contributed by atoms with Gasteiger partial charge in [-0.1, -0.05) is 66.2 Å². The van der Waals surface area contributed by atoms with E-state index in [1.165, 1.54) is 12.1 Å². The number of esters is 1. The van der Waals surface area contributed by atoms with Crippen LogP contribution in [0.5, 0.6) is 0 Å². The van der Waals surface area contributed by atoms with Gasteiger partial charge in [0.2, 0.25) is 0 Å². The molecule has 0 spiro atoms. The van der Waals surface area contributed by atoms with E-state index in [0.29, 0.717) is 5.56 Å². The number of aliphatic hydroxyl groups is 1. The van der Waals surface area contributed by atoms with Crippen LogP contribution in [0.3, 0.4) is 0 Å². The Morgan fingerprint density at radius 1 is 0.972 bits per heavy atom. The molecule has 8 nitrogen and oxygen atoms in total. The first-order valence-electron chi connectivity index (χ1n) is 11.5. The number of aryl methyl sites for hydroxylation is 1. The molecule has 36 heavy (non-hydrogen) atoms. The van der Waals surface area contributed by atoms with Crippen molar-refractivity contribution in [1.29, 1.82) is 0 Å². The minimum atomic E-state index is -4.11. The first kappa shape index (κ1) is 26.0. The first-order valence-corrected chi connectivity index (χ1v) is 12.9. The van der Waals surface area contributed by atoms with Crippen LogP contribution in [0.25, 0.3) is 0 Å². The maximum Gasteiger partial charge on any atom is 0.338 e. The number of aliphatic hydroxyl groups excluding tert-OH is 1. The molecule has 1 unspecified atom stereocenters. The monoisotopic (exact) mass is 512 g/mol. The van der Waals surface area contributed by atoms with Crippen LogP contribution in [0, 0.1) is 6.92 Å². The molecule has 0 aromatic heterocycles. The standard InChI is InChI=1S/C27H28O8S/c1-19-12-14-22(15-13-19)36(30,31)33-18-24-26(35-27(29)21-10-6-3-7-11-21)23(16-25(28)34-24)32-17-20-8-4-2-5-9-20/h2-15,23-26,28H,16-18H2,1H3/t23-,24-,25?,26+/m1/s1. The molecule has 4 atom stereocenters. The molecule has 4 rings (SSSR count). The summed E-state index contributed by atoms with van der Waals surface area (Å²) >= 11 is 0. The van der Waals surface area contributed by atoms with Crippen molar-refractivity contribution in [2.75, 3.05) is 6.61 Å². The van der Waals surface area contributed by atoms with Gasteiger partial charge in [0.25, 0.3) is 10.1 Å². The Labute approximate surface area is 210 Å². The molecule has 1 fully saturated rings. The summed E-state index contributed by atoms with van der Waals surface area (Å²) in [5, 5.41) is 10.3. The second kappa shape index (κ2) is 11.8. The van der Waals surface area contributed by atoms with Gasteiger partial charge in [0.15, 0.2) is 12.4 Å². The van der Waals surface area contributed by atoms with E-state index in [4.69, 9.17) is 18.4 Å². The molecule has 190 valence electrons. The molecule has 1 aliphatic heterocycles. The molecular weight excluding hydrogens is 484 g/mol. The zero-order valence-corrected chi connectivity index (χ0v) is 20.5. The number of hydrogen-bond donors (Lipinski definition) is 1. The van der Waals surface area contributed by atoms with Gasteiger partial charge in [-0.2, -0.15) is 8.42 Å². The average Bonchev–Trinajstić information content (AvgIpc) is 2.89. The van der Waals surface area contributed by atoms with Gasteiger partial charge in [0, 0.05) is 6.42 Å². The van der Waals surface area contributed by atoms with Crippen LogP contribution in [-0.2, 0) is 35.1 Å². The van der Waals surface area contributed by atoms with Crippen molar-refractivity contribution in [2.45, 2.75) is 49.4 Å². The Morgan fingerprint density at radius 3 is 2.28 bits per heavy atom. The molecule has 0 saturated carbocycles. The summed E-state index contributed by atoms with van der Waals surface area (Å²) in [4.78, 5) is 12.8. The summed E-state index contributed by atoms with van der Waals surface area (Å²) in [6.07, 6.45) is -4.12. The summed E-state index contributed by atoms with van der Waals surface area (Å²) in [7, 11) is -4.11. The van der Waals surface area contributed by atoms with Crippen LogP contribution in [0.4, 0.5) is 0 Å². The Bertz CT molecular complexity index is 1230. The number of ether oxygens (including phenoxy) is 3. The summed E-state index contributed by atoms with van der Waals surface area (Å²) in [6.45, 7) is 1.56. The quantitative estimate of drug-likeness (QED) is 0.342. The Morgan fingerprint density at radius 2 is 1.61 bits per heavy atom. The van der Waals surface area contributed by atoms with Crippen molar-refractivity contribution in [1.82, 2.24) is 0 Å². The SMILES string of the molecule is Cc1ccc(S(=O)(=O)OC[C@H]2OC(O)C[C@@H](OCc3ccccc3)[C@@H]2OC(=O)c2ccccc2)cc1. The topological polar surface area (TPSA) is 108 Å². The van der Waals surface area contributed by atoms with Crippen molar-refractivity contribution < 1.29 is 36.7 Å². The van der Waals surface area contributed by atoms with E-state index in [2.05, 4.69) is 0 Å². The van der Waals surface area contributed by atoms with Gasteiger partial charge >= 0.3 is 5.97 Å². The number of rotatable bonds is 9. The van der Waals surface area contributed by atoms with E-state index in [0.717, 1.165) is 11.1 Å². The third-order valence-corrected chi connectivity index (χ3v) is 7.05. The first-order chi connectivity index (χ1) is 17.3. The van der Waals surface area contributed by atoms with Crippen LogP contribution in [0.2, 0.25) is 0 Å². The largest absolute Gasteiger partial charge is 0.453 e. The summed E-state index contributed by atoms with van der Waals surface area (Å²) in [5.74, 6) is -0.625. The second-order valence-corrected chi connectivity index (χ2v) is 10.1. The lowest BCUT2D eigenvalue weighted by Gasteiger charge is -2.39. The highest BCUT2D eigenvalue weighted by Crippen LogP contribution is 2.27. The molecule has 1 N–H and O–H groups in total. The summed E-state index contributed by atoms with van der Waals surface area (Å²) < 4.78 is 48.1. The van der Waals surface area contributed by atoms with Gasteiger partial charge in [-0.3, -0.25) is 4.18 Å². The third kappa shape index (κ3) is 6.77. The van der Waals surface area contributed by atoms with Gasteiger partial charge < -0.3 is 19.3 Å². The van der Waals surface area contributed by atoms with E-state index in [-0.39, 0.29) is 17.9 Å². The van der Waals surface area contributed by atoms with Crippen LogP contribution in [0.15, 0.2) is 89.8 Å². The molecule has 0 aliphatic carbocycles. The molecule has 3 aromatic rings. The fraction of sp³-hybridized carbons (Fsp3) is 0.296. The zero-order chi connectivity index (χ0) is 25.5. The highest BCUT2D eigenvalue weighted by atomic mass is 32.2. The predicted molar refractivity (Wildman–Crippen MR) is 130 cm³/mol. The Kier molecular flexibility index (Phi) is 8.50. The van der Waals surface area contributed by atoms with Gasteiger partial charge in [-0.25, -0.2) is 4.79 Å². The summed E-state index contributed by atoms with van der Waals surface area (Å²) in [6, 6.07) is 24.0. The highest BCUT2D eigenvalue weighted by Gasteiger charge is 2.43. The molecule has 1 heterocycles. The predicted octanol–water partition coefficient (Wildman–Crippen LogP) is 3.62. The lowest BCUT2D eigenvalue weighted by Crippen LogP contribution is -2.53. The van der Waals surface area contributed by atoms with Crippen LogP contribution < -0.4 is 0 Å². The van der Waals surface area contributed by atoms with E-state index in [1.54, 1.807) is 42.5 Å². The highest BCUT2D eigenvalue weighted by molar-refractivity contribution is 7.86. The maximum atomic E-state index is 12.9. The third-order valence-electron chi connectivity index (χ3n) is 5.76. The zero-order valence-electron chi connectivity index (χ0n) is 19.7.